The van der Waals surface area contributed by atoms with Crippen LogP contribution < -0.4 is 10.0 Å². The summed E-state index contributed by atoms with van der Waals surface area (Å²) < 4.78 is 26.4. The number of sulfonamides is 1. The lowest BCUT2D eigenvalue weighted by molar-refractivity contribution is -0.115. The summed E-state index contributed by atoms with van der Waals surface area (Å²) in [5, 5.41) is 3.42. The van der Waals surface area contributed by atoms with Crippen LogP contribution in [0.25, 0.3) is 0 Å². The van der Waals surface area contributed by atoms with Gasteiger partial charge in [0.25, 0.3) is 0 Å². The quantitative estimate of drug-likeness (QED) is 0.845. The Morgan fingerprint density at radius 2 is 1.83 bits per heavy atom. The van der Waals surface area contributed by atoms with E-state index in [-0.39, 0.29) is 4.90 Å². The first kappa shape index (κ1) is 17.7. The predicted octanol–water partition coefficient (Wildman–Crippen LogP) is 3.22. The number of benzene rings is 2. The van der Waals surface area contributed by atoms with Crippen molar-refractivity contribution in [2.75, 3.05) is 11.9 Å². The van der Waals surface area contributed by atoms with E-state index in [1.165, 1.54) is 18.2 Å². The van der Waals surface area contributed by atoms with E-state index in [1.54, 1.807) is 31.2 Å². The maximum atomic E-state index is 12.1. The molecule has 8 heteroatoms. The summed E-state index contributed by atoms with van der Waals surface area (Å²) in [5.74, 6) is -0.499. The average molecular weight is 373 g/mol. The van der Waals surface area contributed by atoms with Gasteiger partial charge in [0.05, 0.1) is 11.4 Å². The smallest absolute Gasteiger partial charge is 0.241 e. The Bertz CT molecular complexity index is 838. The van der Waals surface area contributed by atoms with Crippen molar-refractivity contribution in [3.8, 4) is 0 Å². The molecule has 1 amide bonds. The van der Waals surface area contributed by atoms with Gasteiger partial charge in [-0.25, -0.2) is 13.1 Å². The van der Waals surface area contributed by atoms with Crippen LogP contribution in [0.4, 0.5) is 5.69 Å². The molecule has 0 saturated carbocycles. The van der Waals surface area contributed by atoms with Gasteiger partial charge in [-0.05, 0) is 42.8 Å². The summed E-state index contributed by atoms with van der Waals surface area (Å²) in [5.41, 5.74) is 1.24. The summed E-state index contributed by atoms with van der Waals surface area (Å²) in [6.45, 7) is 1.36. The first-order valence-electron chi connectivity index (χ1n) is 6.60. The van der Waals surface area contributed by atoms with Gasteiger partial charge in [0.2, 0.25) is 15.9 Å². The van der Waals surface area contributed by atoms with Crippen molar-refractivity contribution in [3.63, 3.8) is 0 Å². The summed E-state index contributed by atoms with van der Waals surface area (Å²) in [6.07, 6.45) is 0. The molecule has 0 aliphatic rings. The Labute approximate surface area is 144 Å². The van der Waals surface area contributed by atoms with E-state index in [1.807, 2.05) is 0 Å². The Balaban J connectivity index is 2.03. The van der Waals surface area contributed by atoms with Crippen molar-refractivity contribution in [1.29, 1.82) is 0 Å². The molecule has 0 heterocycles. The molecule has 0 unspecified atom stereocenters. The molecule has 23 heavy (non-hydrogen) atoms. The van der Waals surface area contributed by atoms with Crippen LogP contribution in [-0.4, -0.2) is 20.9 Å². The molecular weight excluding hydrogens is 359 g/mol. The minimum atomic E-state index is -3.81. The van der Waals surface area contributed by atoms with E-state index < -0.39 is 22.5 Å². The van der Waals surface area contributed by atoms with Crippen molar-refractivity contribution in [3.05, 3.63) is 58.1 Å². The Morgan fingerprint density at radius 3 is 2.52 bits per heavy atom. The molecule has 0 aromatic heterocycles. The van der Waals surface area contributed by atoms with Gasteiger partial charge in [0, 0.05) is 15.7 Å². The highest BCUT2D eigenvalue weighted by Crippen LogP contribution is 2.22. The SMILES string of the molecule is Cc1c(Cl)cccc1NC(=O)CNS(=O)(=O)c1cccc(Cl)c1. The fourth-order valence-electron chi connectivity index (χ4n) is 1.82. The molecule has 2 N–H and O–H groups in total. The van der Waals surface area contributed by atoms with Gasteiger partial charge >= 0.3 is 0 Å². The van der Waals surface area contributed by atoms with Gasteiger partial charge in [0.1, 0.15) is 0 Å². The lowest BCUT2D eigenvalue weighted by Crippen LogP contribution is -2.33. The van der Waals surface area contributed by atoms with Crippen molar-refractivity contribution in [2.24, 2.45) is 0 Å². The van der Waals surface area contributed by atoms with E-state index in [0.717, 1.165) is 0 Å². The second-order valence-corrected chi connectivity index (χ2v) is 7.35. The van der Waals surface area contributed by atoms with E-state index in [9.17, 15) is 13.2 Å². The fraction of sp³-hybridized carbons (Fsp3) is 0.133. The molecule has 5 nitrogen and oxygen atoms in total. The topological polar surface area (TPSA) is 75.3 Å². The van der Waals surface area contributed by atoms with Gasteiger partial charge in [0.15, 0.2) is 0 Å². The Hall–Kier alpha value is -1.60. The molecular formula is C15H14Cl2N2O3S. The molecule has 0 atom stereocenters. The zero-order valence-corrected chi connectivity index (χ0v) is 14.5. The minimum Gasteiger partial charge on any atom is -0.325 e. The van der Waals surface area contributed by atoms with Crippen LogP contribution in [-0.2, 0) is 14.8 Å². The number of carbonyl (C=O) groups excluding carboxylic acids is 1. The standard InChI is InChI=1S/C15H14Cl2N2O3S/c1-10-13(17)6-3-7-14(10)19-15(20)9-18-23(21,22)12-5-2-4-11(16)8-12/h2-8,18H,9H2,1H3,(H,19,20). The van der Waals surface area contributed by atoms with E-state index in [2.05, 4.69) is 10.0 Å². The van der Waals surface area contributed by atoms with Crippen LogP contribution in [0.2, 0.25) is 10.0 Å². The van der Waals surface area contributed by atoms with Gasteiger partial charge in [-0.3, -0.25) is 4.79 Å². The molecule has 0 aliphatic heterocycles. The van der Waals surface area contributed by atoms with Crippen LogP contribution in [0.3, 0.4) is 0 Å². The molecule has 2 aromatic carbocycles. The van der Waals surface area contributed by atoms with Crippen LogP contribution in [0.1, 0.15) is 5.56 Å². The Kier molecular flexibility index (Phi) is 5.64. The summed E-state index contributed by atoms with van der Waals surface area (Å²) in [4.78, 5) is 11.9. The maximum Gasteiger partial charge on any atom is 0.241 e. The van der Waals surface area contributed by atoms with Gasteiger partial charge in [-0.2, -0.15) is 0 Å². The van der Waals surface area contributed by atoms with E-state index in [4.69, 9.17) is 23.2 Å². The predicted molar refractivity (Wildman–Crippen MR) is 91.5 cm³/mol. The lowest BCUT2D eigenvalue weighted by Gasteiger charge is -2.10. The highest BCUT2D eigenvalue weighted by Gasteiger charge is 2.16. The maximum absolute atomic E-state index is 12.1. The molecule has 2 rings (SSSR count). The molecule has 0 aliphatic carbocycles. The average Bonchev–Trinajstić information content (AvgIpc) is 2.50. The van der Waals surface area contributed by atoms with Crippen molar-refractivity contribution < 1.29 is 13.2 Å². The number of nitrogens with one attached hydrogen (secondary N) is 2. The molecule has 2 aromatic rings. The summed E-state index contributed by atoms with van der Waals surface area (Å²) in [7, 11) is -3.81. The second kappa shape index (κ2) is 7.31. The number of anilines is 1. The van der Waals surface area contributed by atoms with Crippen LogP contribution in [0.5, 0.6) is 0 Å². The van der Waals surface area contributed by atoms with E-state index in [0.29, 0.717) is 21.3 Å². The van der Waals surface area contributed by atoms with Gasteiger partial charge < -0.3 is 5.32 Å². The monoisotopic (exact) mass is 372 g/mol. The van der Waals surface area contributed by atoms with Gasteiger partial charge in [-0.15, -0.1) is 0 Å². The molecule has 0 bridgehead atoms. The van der Waals surface area contributed by atoms with Crippen molar-refractivity contribution in [2.45, 2.75) is 11.8 Å². The molecule has 0 radical (unpaired) electrons. The highest BCUT2D eigenvalue weighted by molar-refractivity contribution is 7.89. The fourth-order valence-corrected chi connectivity index (χ4v) is 3.27. The van der Waals surface area contributed by atoms with Crippen LogP contribution >= 0.6 is 23.2 Å². The molecule has 0 fully saturated rings. The minimum absolute atomic E-state index is 0.00302. The number of halogens is 2. The molecule has 0 spiro atoms. The third-order valence-electron chi connectivity index (χ3n) is 3.07. The van der Waals surface area contributed by atoms with Crippen LogP contribution in [0, 0.1) is 6.92 Å². The summed E-state index contributed by atoms with van der Waals surface area (Å²) >= 11 is 11.7. The zero-order chi connectivity index (χ0) is 17.0. The Morgan fingerprint density at radius 1 is 1.13 bits per heavy atom. The van der Waals surface area contributed by atoms with Crippen LogP contribution in [0.15, 0.2) is 47.4 Å². The zero-order valence-electron chi connectivity index (χ0n) is 12.1. The third kappa shape index (κ3) is 4.68. The third-order valence-corrected chi connectivity index (χ3v) is 5.11. The van der Waals surface area contributed by atoms with Gasteiger partial charge in [-0.1, -0.05) is 35.3 Å². The molecule has 122 valence electrons. The van der Waals surface area contributed by atoms with Crippen molar-refractivity contribution in [1.82, 2.24) is 4.72 Å². The lowest BCUT2D eigenvalue weighted by atomic mass is 10.2. The highest BCUT2D eigenvalue weighted by atomic mass is 35.5. The number of rotatable bonds is 5. The van der Waals surface area contributed by atoms with E-state index >= 15 is 0 Å². The van der Waals surface area contributed by atoms with Crippen molar-refractivity contribution >= 4 is 44.8 Å². The normalized spacial score (nSPS) is 11.3. The summed E-state index contributed by atoms with van der Waals surface area (Å²) in [6, 6.07) is 10.9. The number of amides is 1. The molecule has 0 saturated heterocycles. The number of hydrogen-bond acceptors (Lipinski definition) is 3. The second-order valence-electron chi connectivity index (χ2n) is 4.74. The number of carbonyl (C=O) groups is 1. The first-order valence-corrected chi connectivity index (χ1v) is 8.84. The first-order chi connectivity index (χ1) is 10.8. The largest absolute Gasteiger partial charge is 0.325 e. The number of hydrogen-bond donors (Lipinski definition) is 2.